The van der Waals surface area contributed by atoms with E-state index in [9.17, 15) is 0 Å². The molecule has 10 heavy (non-hydrogen) atoms. The molecular weight excluding hydrogens is 212 g/mol. The monoisotopic (exact) mass is 218 g/mol. The molecule has 0 aromatic carbocycles. The van der Waals surface area contributed by atoms with E-state index >= 15 is 0 Å². The summed E-state index contributed by atoms with van der Waals surface area (Å²) in [5.41, 5.74) is 2.44. The van der Waals surface area contributed by atoms with E-state index < -0.39 is 0 Å². The summed E-state index contributed by atoms with van der Waals surface area (Å²) in [6.45, 7) is 2.04. The Balaban J connectivity index is 2.45. The van der Waals surface area contributed by atoms with Gasteiger partial charge in [0.15, 0.2) is 0 Å². The highest BCUT2D eigenvalue weighted by Gasteiger charge is 2.11. The molecule has 4 heteroatoms. The quantitative estimate of drug-likeness (QED) is 0.699. The first-order valence-corrected chi connectivity index (χ1v) is 4.80. The molecular formula is C6H7BrN2S. The van der Waals surface area contributed by atoms with Crippen LogP contribution in [0.5, 0.6) is 0 Å². The van der Waals surface area contributed by atoms with Gasteiger partial charge < -0.3 is 10.6 Å². The molecule has 0 spiro atoms. The zero-order valence-electron chi connectivity index (χ0n) is 5.28. The first kappa shape index (κ1) is 6.49. The number of halogens is 1. The summed E-state index contributed by atoms with van der Waals surface area (Å²) in [6, 6.07) is 0. The van der Waals surface area contributed by atoms with Crippen molar-refractivity contribution >= 4 is 38.6 Å². The smallest absolute Gasteiger partial charge is 0.0951 e. The molecule has 1 aliphatic rings. The second kappa shape index (κ2) is 2.43. The van der Waals surface area contributed by atoms with Crippen LogP contribution in [0.3, 0.4) is 0 Å². The van der Waals surface area contributed by atoms with Crippen molar-refractivity contribution in [2.45, 2.75) is 0 Å². The average Bonchev–Trinajstić information content (AvgIpc) is 2.34. The Labute approximate surface area is 71.8 Å². The molecule has 0 saturated carbocycles. The first-order chi connectivity index (χ1) is 4.88. The van der Waals surface area contributed by atoms with E-state index in [0.29, 0.717) is 0 Å². The van der Waals surface area contributed by atoms with E-state index in [1.54, 1.807) is 11.3 Å². The lowest BCUT2D eigenvalue weighted by Crippen LogP contribution is -2.19. The minimum absolute atomic E-state index is 1.02. The topological polar surface area (TPSA) is 24.1 Å². The number of hydrogen-bond donors (Lipinski definition) is 2. The van der Waals surface area contributed by atoms with Gasteiger partial charge in [0, 0.05) is 18.5 Å². The van der Waals surface area contributed by atoms with E-state index in [1.807, 2.05) is 0 Å². The van der Waals surface area contributed by atoms with Gasteiger partial charge in [-0.1, -0.05) is 0 Å². The third kappa shape index (κ3) is 0.914. The van der Waals surface area contributed by atoms with Gasteiger partial charge in [-0.15, -0.1) is 11.3 Å². The Kier molecular flexibility index (Phi) is 1.58. The molecule has 0 unspecified atom stereocenters. The molecule has 2 N–H and O–H groups in total. The summed E-state index contributed by atoms with van der Waals surface area (Å²) in [5, 5.41) is 8.73. The van der Waals surface area contributed by atoms with E-state index in [4.69, 9.17) is 0 Å². The molecule has 54 valence electrons. The van der Waals surface area contributed by atoms with Crippen molar-refractivity contribution < 1.29 is 0 Å². The second-order valence-corrected chi connectivity index (χ2v) is 4.35. The minimum atomic E-state index is 1.02. The molecule has 0 amide bonds. The van der Waals surface area contributed by atoms with Crippen molar-refractivity contribution in [3.05, 3.63) is 9.17 Å². The molecule has 2 heterocycles. The van der Waals surface area contributed by atoms with Crippen LogP contribution in [0, 0.1) is 0 Å². The summed E-state index contributed by atoms with van der Waals surface area (Å²) in [7, 11) is 0. The maximum Gasteiger partial charge on any atom is 0.0951 e. The third-order valence-corrected chi connectivity index (χ3v) is 3.21. The minimum Gasteiger partial charge on any atom is -0.381 e. The Bertz CT molecular complexity index is 246. The molecule has 2 rings (SSSR count). The zero-order valence-corrected chi connectivity index (χ0v) is 7.68. The number of thiophene rings is 1. The van der Waals surface area contributed by atoms with Crippen LogP contribution in [0.25, 0.3) is 0 Å². The van der Waals surface area contributed by atoms with Gasteiger partial charge in [-0.2, -0.15) is 0 Å². The van der Waals surface area contributed by atoms with Gasteiger partial charge in [0.2, 0.25) is 0 Å². The van der Waals surface area contributed by atoms with Crippen LogP contribution in [-0.2, 0) is 0 Å². The van der Waals surface area contributed by atoms with Crippen LogP contribution in [0.1, 0.15) is 0 Å². The number of anilines is 2. The Morgan fingerprint density at radius 2 is 2.20 bits per heavy atom. The molecule has 1 aliphatic heterocycles. The molecule has 0 aliphatic carbocycles. The van der Waals surface area contributed by atoms with E-state index in [0.717, 1.165) is 13.1 Å². The van der Waals surface area contributed by atoms with Gasteiger partial charge in [0.25, 0.3) is 0 Å². The van der Waals surface area contributed by atoms with Crippen molar-refractivity contribution in [2.75, 3.05) is 23.7 Å². The van der Waals surface area contributed by atoms with Gasteiger partial charge in [0.05, 0.1) is 15.2 Å². The highest BCUT2D eigenvalue weighted by atomic mass is 79.9. The maximum absolute atomic E-state index is 3.47. The average molecular weight is 219 g/mol. The van der Waals surface area contributed by atoms with Crippen LogP contribution in [0.4, 0.5) is 11.4 Å². The molecule has 1 aromatic rings. The predicted molar refractivity (Wildman–Crippen MR) is 49.0 cm³/mol. The van der Waals surface area contributed by atoms with E-state index in [-0.39, 0.29) is 0 Å². The van der Waals surface area contributed by atoms with Crippen molar-refractivity contribution in [2.24, 2.45) is 0 Å². The summed E-state index contributed by atoms with van der Waals surface area (Å²) < 4.78 is 1.19. The van der Waals surface area contributed by atoms with Crippen molar-refractivity contribution in [1.82, 2.24) is 0 Å². The van der Waals surface area contributed by atoms with Crippen molar-refractivity contribution in [3.8, 4) is 0 Å². The lowest BCUT2D eigenvalue weighted by atomic mass is 10.3. The lowest BCUT2D eigenvalue weighted by Gasteiger charge is -2.15. The van der Waals surface area contributed by atoms with Gasteiger partial charge in [0.1, 0.15) is 0 Å². The molecule has 0 fully saturated rings. The van der Waals surface area contributed by atoms with Crippen LogP contribution in [0.15, 0.2) is 9.17 Å². The van der Waals surface area contributed by atoms with Crippen molar-refractivity contribution in [3.63, 3.8) is 0 Å². The molecule has 2 nitrogen and oxygen atoms in total. The maximum atomic E-state index is 3.47. The molecule has 0 radical (unpaired) electrons. The van der Waals surface area contributed by atoms with Crippen LogP contribution < -0.4 is 10.6 Å². The van der Waals surface area contributed by atoms with Gasteiger partial charge in [-0.25, -0.2) is 0 Å². The Morgan fingerprint density at radius 3 is 3.00 bits per heavy atom. The zero-order chi connectivity index (χ0) is 6.97. The highest BCUT2D eigenvalue weighted by molar-refractivity contribution is 9.11. The lowest BCUT2D eigenvalue weighted by molar-refractivity contribution is 1.05. The number of hydrogen-bond acceptors (Lipinski definition) is 3. The SMILES string of the molecule is Brc1scc2c1NCCN2. The Hall–Kier alpha value is -0.220. The van der Waals surface area contributed by atoms with Crippen LogP contribution in [0.2, 0.25) is 0 Å². The fourth-order valence-corrected chi connectivity index (χ4v) is 2.37. The van der Waals surface area contributed by atoms with Crippen molar-refractivity contribution in [1.29, 1.82) is 0 Å². The van der Waals surface area contributed by atoms with Crippen LogP contribution >= 0.6 is 27.3 Å². The third-order valence-electron chi connectivity index (χ3n) is 1.49. The number of nitrogens with one attached hydrogen (secondary N) is 2. The summed E-state index contributed by atoms with van der Waals surface area (Å²) in [5.74, 6) is 0. The van der Waals surface area contributed by atoms with Gasteiger partial charge >= 0.3 is 0 Å². The van der Waals surface area contributed by atoms with Gasteiger partial charge in [-0.3, -0.25) is 0 Å². The number of rotatable bonds is 0. The standard InChI is InChI=1S/C6H7BrN2S/c7-6-5-4(3-10-6)8-1-2-9-5/h3,8-9H,1-2H2. The predicted octanol–water partition coefficient (Wildman–Crippen LogP) is 2.35. The first-order valence-electron chi connectivity index (χ1n) is 3.12. The number of fused-ring (bicyclic) bond motifs is 1. The molecule has 1 aromatic heterocycles. The Morgan fingerprint density at radius 1 is 1.40 bits per heavy atom. The summed E-state index contributed by atoms with van der Waals surface area (Å²) in [4.78, 5) is 0. The van der Waals surface area contributed by atoms with E-state index in [2.05, 4.69) is 31.9 Å². The largest absolute Gasteiger partial charge is 0.381 e. The summed E-state index contributed by atoms with van der Waals surface area (Å²) in [6.07, 6.45) is 0. The molecule has 0 bridgehead atoms. The fraction of sp³-hybridized carbons (Fsp3) is 0.333. The normalized spacial score (nSPS) is 15.3. The molecule has 0 saturated heterocycles. The fourth-order valence-electron chi connectivity index (χ4n) is 1.01. The second-order valence-electron chi connectivity index (χ2n) is 2.15. The van der Waals surface area contributed by atoms with Crippen LogP contribution in [-0.4, -0.2) is 13.1 Å². The molecule has 0 atom stereocenters. The summed E-state index contributed by atoms with van der Waals surface area (Å²) >= 11 is 5.18. The highest BCUT2D eigenvalue weighted by Crippen LogP contribution is 2.38. The van der Waals surface area contributed by atoms with E-state index in [1.165, 1.54) is 15.2 Å². The van der Waals surface area contributed by atoms with Gasteiger partial charge in [-0.05, 0) is 15.9 Å².